The summed E-state index contributed by atoms with van der Waals surface area (Å²) in [4.78, 5) is 24.3. The van der Waals surface area contributed by atoms with Crippen molar-refractivity contribution in [3.8, 4) is 17.1 Å². The van der Waals surface area contributed by atoms with Gasteiger partial charge in [-0.05, 0) is 36.5 Å². The Bertz CT molecular complexity index is 1090. The highest BCUT2D eigenvalue weighted by atomic mass is 32.2. The van der Waals surface area contributed by atoms with Gasteiger partial charge in [-0.1, -0.05) is 68.1 Å². The van der Waals surface area contributed by atoms with E-state index in [0.717, 1.165) is 18.4 Å². The molecule has 8 nitrogen and oxygen atoms in total. The van der Waals surface area contributed by atoms with Gasteiger partial charge < -0.3 is 14.6 Å². The first-order valence-corrected chi connectivity index (χ1v) is 12.3. The Hall–Kier alpha value is -3.33. The van der Waals surface area contributed by atoms with Crippen LogP contribution in [0.1, 0.15) is 25.8 Å². The number of ether oxygens (including phenoxy) is 1. The van der Waals surface area contributed by atoms with E-state index in [0.29, 0.717) is 35.7 Å². The molecule has 34 heavy (non-hydrogen) atoms. The minimum atomic E-state index is -0.480. The molecular formula is C25H31N5O3S. The summed E-state index contributed by atoms with van der Waals surface area (Å²) in [6, 6.07) is 17.3. The van der Waals surface area contributed by atoms with Crippen molar-refractivity contribution >= 4 is 23.7 Å². The molecule has 9 heteroatoms. The molecule has 0 spiro atoms. The predicted molar refractivity (Wildman–Crippen MR) is 134 cm³/mol. The molecule has 180 valence electrons. The minimum Gasteiger partial charge on any atom is -0.496 e. The third kappa shape index (κ3) is 7.34. The summed E-state index contributed by atoms with van der Waals surface area (Å²) in [5, 5.41) is 14.4. The van der Waals surface area contributed by atoms with Crippen molar-refractivity contribution in [1.29, 1.82) is 0 Å². The molecule has 0 aliphatic carbocycles. The molecule has 0 saturated heterocycles. The molecule has 0 aliphatic rings. The van der Waals surface area contributed by atoms with Gasteiger partial charge in [-0.15, -0.1) is 10.2 Å². The Labute approximate surface area is 204 Å². The first-order chi connectivity index (χ1) is 16.5. The third-order valence-corrected chi connectivity index (χ3v) is 6.09. The normalized spacial score (nSPS) is 10.8. The van der Waals surface area contributed by atoms with Crippen LogP contribution in [0.3, 0.4) is 0 Å². The summed E-state index contributed by atoms with van der Waals surface area (Å²) < 4.78 is 7.51. The van der Waals surface area contributed by atoms with Crippen LogP contribution in [0.2, 0.25) is 0 Å². The number of benzene rings is 2. The Morgan fingerprint density at radius 2 is 1.79 bits per heavy atom. The highest BCUT2D eigenvalue weighted by Gasteiger charge is 2.19. The monoisotopic (exact) mass is 481 g/mol. The maximum absolute atomic E-state index is 12.3. The summed E-state index contributed by atoms with van der Waals surface area (Å²) in [6.45, 7) is 5.31. The smallest absolute Gasteiger partial charge is 0.321 e. The number of hydrogen-bond acceptors (Lipinski definition) is 6. The second-order valence-corrected chi connectivity index (χ2v) is 9.11. The van der Waals surface area contributed by atoms with Gasteiger partial charge in [-0.2, -0.15) is 0 Å². The van der Waals surface area contributed by atoms with Gasteiger partial charge >= 0.3 is 6.03 Å². The first kappa shape index (κ1) is 25.3. The van der Waals surface area contributed by atoms with Crippen molar-refractivity contribution in [2.45, 2.75) is 38.4 Å². The second-order valence-electron chi connectivity index (χ2n) is 8.17. The first-order valence-electron chi connectivity index (χ1n) is 11.3. The van der Waals surface area contributed by atoms with Crippen molar-refractivity contribution in [3.05, 3.63) is 60.2 Å². The zero-order chi connectivity index (χ0) is 24.3. The molecule has 1 aromatic heterocycles. The lowest BCUT2D eigenvalue weighted by Gasteiger charge is -2.12. The molecule has 0 bridgehead atoms. The molecular weight excluding hydrogens is 450 g/mol. The van der Waals surface area contributed by atoms with Crippen LogP contribution in [0.4, 0.5) is 4.79 Å². The van der Waals surface area contributed by atoms with Crippen molar-refractivity contribution in [2.24, 2.45) is 5.92 Å². The molecule has 0 fully saturated rings. The van der Waals surface area contributed by atoms with Gasteiger partial charge in [-0.3, -0.25) is 10.1 Å². The summed E-state index contributed by atoms with van der Waals surface area (Å²) in [5.74, 6) is 1.51. The molecule has 0 aliphatic heterocycles. The van der Waals surface area contributed by atoms with Crippen molar-refractivity contribution in [1.82, 2.24) is 25.4 Å². The maximum Gasteiger partial charge on any atom is 0.321 e. The molecule has 0 unspecified atom stereocenters. The van der Waals surface area contributed by atoms with Crippen LogP contribution in [0.25, 0.3) is 11.4 Å². The Morgan fingerprint density at radius 1 is 1.06 bits per heavy atom. The zero-order valence-electron chi connectivity index (χ0n) is 19.8. The van der Waals surface area contributed by atoms with Gasteiger partial charge in [0.05, 0.1) is 18.4 Å². The number of methoxy groups -OCH3 is 1. The zero-order valence-corrected chi connectivity index (χ0v) is 20.6. The number of amides is 3. The SMILES string of the molecule is COc1ccccc1-c1nnc(SCC(=O)NC(=O)NCCC(C)C)n1CCc1ccccc1. The summed E-state index contributed by atoms with van der Waals surface area (Å²) in [7, 11) is 1.62. The number of aryl methyl sites for hydroxylation is 1. The van der Waals surface area contributed by atoms with E-state index in [4.69, 9.17) is 4.74 Å². The molecule has 1 heterocycles. The topological polar surface area (TPSA) is 98.1 Å². The maximum atomic E-state index is 12.3. The molecule has 0 saturated carbocycles. The number of hydrogen-bond donors (Lipinski definition) is 2. The van der Waals surface area contributed by atoms with Crippen LogP contribution in [-0.4, -0.2) is 46.1 Å². The van der Waals surface area contributed by atoms with E-state index >= 15 is 0 Å². The number of imide groups is 1. The number of carbonyl (C=O) groups is 2. The van der Waals surface area contributed by atoms with E-state index in [1.54, 1.807) is 7.11 Å². The van der Waals surface area contributed by atoms with E-state index < -0.39 is 6.03 Å². The number of thioether (sulfide) groups is 1. The Balaban J connectivity index is 1.71. The number of carbonyl (C=O) groups excluding carboxylic acids is 2. The fraction of sp³-hybridized carbons (Fsp3) is 0.360. The lowest BCUT2D eigenvalue weighted by atomic mass is 10.1. The van der Waals surface area contributed by atoms with Crippen LogP contribution in [0, 0.1) is 5.92 Å². The number of nitrogens with zero attached hydrogens (tertiary/aromatic N) is 3. The average Bonchev–Trinajstić information content (AvgIpc) is 3.24. The van der Waals surface area contributed by atoms with Gasteiger partial charge in [0.25, 0.3) is 0 Å². The lowest BCUT2D eigenvalue weighted by Crippen LogP contribution is -2.40. The predicted octanol–water partition coefficient (Wildman–Crippen LogP) is 4.16. The molecule has 3 aromatic rings. The second kappa shape index (κ2) is 12.8. The van der Waals surface area contributed by atoms with Gasteiger partial charge in [0.2, 0.25) is 5.91 Å². The van der Waals surface area contributed by atoms with E-state index in [2.05, 4.69) is 46.8 Å². The van der Waals surface area contributed by atoms with Crippen LogP contribution >= 0.6 is 11.8 Å². The number of rotatable bonds is 11. The van der Waals surface area contributed by atoms with E-state index in [1.165, 1.54) is 17.3 Å². The van der Waals surface area contributed by atoms with Gasteiger partial charge in [-0.25, -0.2) is 4.79 Å². The standard InChI is InChI=1S/C25H31N5O3S/c1-18(2)13-15-26-24(32)27-22(31)17-34-25-29-28-23(20-11-7-8-12-21(20)33-3)30(25)16-14-19-9-5-4-6-10-19/h4-12,18H,13-17H2,1-3H3,(H2,26,27,31,32). The fourth-order valence-electron chi connectivity index (χ4n) is 3.32. The number of aromatic nitrogens is 3. The average molecular weight is 482 g/mol. The quantitative estimate of drug-likeness (QED) is 0.399. The van der Waals surface area contributed by atoms with E-state index in [-0.39, 0.29) is 11.7 Å². The summed E-state index contributed by atoms with van der Waals surface area (Å²) in [5.41, 5.74) is 2.01. The van der Waals surface area contributed by atoms with Gasteiger partial charge in [0.15, 0.2) is 11.0 Å². The fourth-order valence-corrected chi connectivity index (χ4v) is 4.09. The summed E-state index contributed by atoms with van der Waals surface area (Å²) in [6.07, 6.45) is 1.63. The highest BCUT2D eigenvalue weighted by molar-refractivity contribution is 7.99. The molecule has 2 aromatic carbocycles. The van der Waals surface area contributed by atoms with E-state index in [1.807, 2.05) is 47.0 Å². The van der Waals surface area contributed by atoms with Crippen molar-refractivity contribution in [3.63, 3.8) is 0 Å². The van der Waals surface area contributed by atoms with Crippen LogP contribution < -0.4 is 15.4 Å². The lowest BCUT2D eigenvalue weighted by molar-refractivity contribution is -0.117. The number of nitrogens with one attached hydrogen (secondary N) is 2. The number of urea groups is 1. The van der Waals surface area contributed by atoms with Gasteiger partial charge in [0, 0.05) is 13.1 Å². The molecule has 3 amide bonds. The molecule has 0 atom stereocenters. The molecule has 2 N–H and O–H groups in total. The van der Waals surface area contributed by atoms with Crippen molar-refractivity contribution < 1.29 is 14.3 Å². The minimum absolute atomic E-state index is 0.0486. The van der Waals surface area contributed by atoms with Crippen LogP contribution in [-0.2, 0) is 17.8 Å². The number of para-hydroxylation sites is 1. The molecule has 3 rings (SSSR count). The van der Waals surface area contributed by atoms with Crippen LogP contribution in [0.15, 0.2) is 59.8 Å². The highest BCUT2D eigenvalue weighted by Crippen LogP contribution is 2.31. The molecule has 0 radical (unpaired) electrons. The Kier molecular flexibility index (Phi) is 9.51. The van der Waals surface area contributed by atoms with Crippen LogP contribution in [0.5, 0.6) is 5.75 Å². The summed E-state index contributed by atoms with van der Waals surface area (Å²) >= 11 is 1.25. The Morgan fingerprint density at radius 3 is 2.53 bits per heavy atom. The largest absolute Gasteiger partial charge is 0.496 e. The third-order valence-electron chi connectivity index (χ3n) is 5.12. The van der Waals surface area contributed by atoms with Crippen molar-refractivity contribution in [2.75, 3.05) is 19.4 Å². The van der Waals surface area contributed by atoms with E-state index in [9.17, 15) is 9.59 Å². The van der Waals surface area contributed by atoms with Gasteiger partial charge in [0.1, 0.15) is 5.75 Å².